The van der Waals surface area contributed by atoms with Crippen molar-refractivity contribution in [3.8, 4) is 0 Å². The monoisotopic (exact) mass is 311 g/mol. The fourth-order valence-corrected chi connectivity index (χ4v) is 3.52. The van der Waals surface area contributed by atoms with Gasteiger partial charge in [-0.3, -0.25) is 15.0 Å². The highest BCUT2D eigenvalue weighted by molar-refractivity contribution is 9.10. The summed E-state index contributed by atoms with van der Waals surface area (Å²) in [7, 11) is 2.16. The van der Waals surface area contributed by atoms with Crippen molar-refractivity contribution in [2.45, 2.75) is 18.5 Å². The van der Waals surface area contributed by atoms with Crippen LogP contribution in [-0.2, 0) is 0 Å². The molecular weight excluding hydrogens is 298 g/mol. The van der Waals surface area contributed by atoms with Gasteiger partial charge in [-0.25, -0.2) is 0 Å². The molecule has 0 aromatic heterocycles. The third-order valence-electron chi connectivity index (χ3n) is 3.97. The SMILES string of the molecule is CN1C[C@@H]2C[C@H]1CN2c1ccc([N+](=O)[O-])c(Br)c1. The van der Waals surface area contributed by atoms with E-state index in [1.165, 1.54) is 6.42 Å². The Hall–Kier alpha value is -1.14. The molecule has 0 aliphatic carbocycles. The minimum absolute atomic E-state index is 0.125. The maximum absolute atomic E-state index is 10.8. The van der Waals surface area contributed by atoms with Crippen LogP contribution in [0.5, 0.6) is 0 Å². The minimum Gasteiger partial charge on any atom is -0.366 e. The lowest BCUT2D eigenvalue weighted by Crippen LogP contribution is -2.44. The summed E-state index contributed by atoms with van der Waals surface area (Å²) in [6.07, 6.45) is 1.20. The van der Waals surface area contributed by atoms with Gasteiger partial charge in [-0.2, -0.15) is 0 Å². The maximum Gasteiger partial charge on any atom is 0.283 e. The van der Waals surface area contributed by atoms with Gasteiger partial charge in [0.25, 0.3) is 5.69 Å². The number of likely N-dealkylation sites (tertiary alicyclic amines) is 1. The third kappa shape index (κ3) is 1.80. The Morgan fingerprint density at radius 3 is 2.67 bits per heavy atom. The van der Waals surface area contributed by atoms with Gasteiger partial charge in [0.15, 0.2) is 0 Å². The second-order valence-corrected chi connectivity index (χ2v) is 5.88. The summed E-state index contributed by atoms with van der Waals surface area (Å²) in [5.41, 5.74) is 1.20. The number of piperazine rings is 1. The van der Waals surface area contributed by atoms with Gasteiger partial charge in [-0.05, 0) is 41.5 Å². The van der Waals surface area contributed by atoms with Crippen molar-refractivity contribution in [3.63, 3.8) is 0 Å². The summed E-state index contributed by atoms with van der Waals surface area (Å²) in [6.45, 7) is 2.10. The van der Waals surface area contributed by atoms with Crippen LogP contribution >= 0.6 is 15.9 Å². The molecule has 2 aliphatic heterocycles. The summed E-state index contributed by atoms with van der Waals surface area (Å²) >= 11 is 3.28. The number of rotatable bonds is 2. The average Bonchev–Trinajstić information content (AvgIpc) is 2.86. The fraction of sp³-hybridized carbons (Fsp3) is 0.500. The molecule has 0 radical (unpaired) electrons. The molecule has 2 heterocycles. The van der Waals surface area contributed by atoms with E-state index in [1.807, 2.05) is 12.1 Å². The number of nitrogens with zero attached hydrogens (tertiary/aromatic N) is 3. The molecule has 6 heteroatoms. The van der Waals surface area contributed by atoms with Crippen LogP contribution in [0.4, 0.5) is 11.4 Å². The van der Waals surface area contributed by atoms with Crippen molar-refractivity contribution in [3.05, 3.63) is 32.8 Å². The van der Waals surface area contributed by atoms with Gasteiger partial charge >= 0.3 is 0 Å². The molecule has 0 saturated carbocycles. The molecular formula is C12H14BrN3O2. The maximum atomic E-state index is 10.8. The van der Waals surface area contributed by atoms with Crippen LogP contribution < -0.4 is 4.90 Å². The molecule has 1 aromatic rings. The number of benzene rings is 1. The van der Waals surface area contributed by atoms with E-state index in [0.29, 0.717) is 16.6 Å². The van der Waals surface area contributed by atoms with Crippen molar-refractivity contribution in [2.75, 3.05) is 25.0 Å². The number of likely N-dealkylation sites (N-methyl/N-ethyl adjacent to an activating group) is 1. The highest BCUT2D eigenvalue weighted by Gasteiger charge is 2.41. The number of halogens is 1. The van der Waals surface area contributed by atoms with E-state index in [1.54, 1.807) is 6.07 Å². The van der Waals surface area contributed by atoms with E-state index in [-0.39, 0.29) is 10.6 Å². The number of anilines is 1. The second-order valence-electron chi connectivity index (χ2n) is 5.03. The molecule has 2 bridgehead atoms. The predicted molar refractivity (Wildman–Crippen MR) is 73.0 cm³/mol. The molecule has 1 aromatic carbocycles. The Morgan fingerprint density at radius 1 is 1.39 bits per heavy atom. The van der Waals surface area contributed by atoms with E-state index in [4.69, 9.17) is 0 Å². The highest BCUT2D eigenvalue weighted by Crippen LogP contribution is 2.36. The zero-order valence-electron chi connectivity index (χ0n) is 10.0. The standard InChI is InChI=1S/C12H14BrN3O2/c1-14-6-10-4-9(14)7-15(10)8-2-3-12(16(17)18)11(13)5-8/h2-3,5,9-10H,4,6-7H2,1H3/t9-,10-/m0/s1. The smallest absolute Gasteiger partial charge is 0.283 e. The number of hydrogen-bond acceptors (Lipinski definition) is 4. The first-order valence-corrected chi connectivity index (χ1v) is 6.76. The van der Waals surface area contributed by atoms with Crippen molar-refractivity contribution >= 4 is 27.3 Å². The number of fused-ring (bicyclic) bond motifs is 2. The van der Waals surface area contributed by atoms with Gasteiger partial charge < -0.3 is 4.90 Å². The molecule has 0 amide bonds. The predicted octanol–water partition coefficient (Wildman–Crippen LogP) is 2.25. The normalized spacial score (nSPS) is 26.9. The van der Waals surface area contributed by atoms with Gasteiger partial charge in [0.1, 0.15) is 0 Å². The van der Waals surface area contributed by atoms with E-state index in [2.05, 4.69) is 32.8 Å². The highest BCUT2D eigenvalue weighted by atomic mass is 79.9. The van der Waals surface area contributed by atoms with Crippen molar-refractivity contribution in [1.29, 1.82) is 0 Å². The average molecular weight is 312 g/mol. The summed E-state index contributed by atoms with van der Waals surface area (Å²) in [5, 5.41) is 10.8. The second kappa shape index (κ2) is 4.20. The molecule has 5 nitrogen and oxygen atoms in total. The molecule has 2 atom stereocenters. The van der Waals surface area contributed by atoms with Crippen LogP contribution in [0.2, 0.25) is 0 Å². The summed E-state index contributed by atoms with van der Waals surface area (Å²) in [5.74, 6) is 0. The number of nitro groups is 1. The molecule has 2 saturated heterocycles. The largest absolute Gasteiger partial charge is 0.366 e. The van der Waals surface area contributed by atoms with E-state index in [9.17, 15) is 10.1 Å². The molecule has 2 aliphatic rings. The zero-order chi connectivity index (χ0) is 12.9. The van der Waals surface area contributed by atoms with Crippen molar-refractivity contribution in [2.24, 2.45) is 0 Å². The van der Waals surface area contributed by atoms with Gasteiger partial charge in [0.2, 0.25) is 0 Å². The lowest BCUT2D eigenvalue weighted by molar-refractivity contribution is -0.385. The van der Waals surface area contributed by atoms with Crippen LogP contribution in [0.25, 0.3) is 0 Å². The first-order chi connectivity index (χ1) is 8.56. The molecule has 18 heavy (non-hydrogen) atoms. The molecule has 96 valence electrons. The minimum atomic E-state index is -0.363. The Balaban J connectivity index is 1.86. The van der Waals surface area contributed by atoms with E-state index >= 15 is 0 Å². The number of nitro benzene ring substituents is 1. The lowest BCUT2D eigenvalue weighted by atomic mass is 10.2. The Labute approximate surface area is 114 Å². The van der Waals surface area contributed by atoms with Crippen LogP contribution in [0, 0.1) is 10.1 Å². The van der Waals surface area contributed by atoms with Gasteiger partial charge in [-0.1, -0.05) is 0 Å². The third-order valence-corrected chi connectivity index (χ3v) is 4.61. The fourth-order valence-electron chi connectivity index (χ4n) is 3.00. The first-order valence-electron chi connectivity index (χ1n) is 5.97. The summed E-state index contributed by atoms with van der Waals surface area (Å²) in [6, 6.07) is 6.47. The number of hydrogen-bond donors (Lipinski definition) is 0. The van der Waals surface area contributed by atoms with E-state index in [0.717, 1.165) is 18.8 Å². The van der Waals surface area contributed by atoms with Crippen LogP contribution in [-0.4, -0.2) is 42.0 Å². The van der Waals surface area contributed by atoms with Gasteiger partial charge in [-0.15, -0.1) is 0 Å². The van der Waals surface area contributed by atoms with Crippen LogP contribution in [0.3, 0.4) is 0 Å². The molecule has 3 rings (SSSR count). The quantitative estimate of drug-likeness (QED) is 0.621. The van der Waals surface area contributed by atoms with Crippen molar-refractivity contribution in [1.82, 2.24) is 4.90 Å². The topological polar surface area (TPSA) is 49.6 Å². The summed E-state index contributed by atoms with van der Waals surface area (Å²) in [4.78, 5) is 15.2. The van der Waals surface area contributed by atoms with Crippen LogP contribution in [0.15, 0.2) is 22.7 Å². The van der Waals surface area contributed by atoms with Crippen molar-refractivity contribution < 1.29 is 4.92 Å². The Morgan fingerprint density at radius 2 is 2.17 bits per heavy atom. The molecule has 0 unspecified atom stereocenters. The Bertz CT molecular complexity index is 506. The van der Waals surface area contributed by atoms with Gasteiger partial charge in [0, 0.05) is 36.9 Å². The first kappa shape index (κ1) is 11.9. The van der Waals surface area contributed by atoms with E-state index < -0.39 is 0 Å². The van der Waals surface area contributed by atoms with Gasteiger partial charge in [0.05, 0.1) is 9.40 Å². The zero-order valence-corrected chi connectivity index (χ0v) is 11.6. The molecule has 2 fully saturated rings. The summed E-state index contributed by atoms with van der Waals surface area (Å²) < 4.78 is 0.557. The lowest BCUT2D eigenvalue weighted by Gasteiger charge is -2.33. The molecule has 0 spiro atoms. The Kier molecular flexibility index (Phi) is 2.79. The molecule has 0 N–H and O–H groups in total. The van der Waals surface area contributed by atoms with Crippen LogP contribution in [0.1, 0.15) is 6.42 Å².